The summed E-state index contributed by atoms with van der Waals surface area (Å²) in [6, 6.07) is 22.4. The van der Waals surface area contributed by atoms with Crippen LogP contribution < -0.4 is 0 Å². The average Bonchev–Trinajstić information content (AvgIpc) is 3.58. The van der Waals surface area contributed by atoms with E-state index in [1.807, 2.05) is 30.9 Å². The predicted octanol–water partition coefficient (Wildman–Crippen LogP) is 6.73. The molecule has 4 heteroatoms. The third-order valence-electron chi connectivity index (χ3n) is 7.99. The molecule has 0 unspecified atom stereocenters. The molecule has 7 aromatic rings. The van der Waals surface area contributed by atoms with E-state index in [1.54, 1.807) is 0 Å². The fourth-order valence-corrected chi connectivity index (χ4v) is 6.53. The molecule has 0 amide bonds. The summed E-state index contributed by atoms with van der Waals surface area (Å²) in [5, 5.41) is 3.62. The topological polar surface area (TPSA) is 43.1 Å². The fraction of sp³-hybridized carbons (Fsp3) is 0.0645. The molecule has 0 fully saturated rings. The van der Waals surface area contributed by atoms with E-state index in [0.29, 0.717) is 0 Å². The third kappa shape index (κ3) is 2.15. The molecule has 2 aliphatic carbocycles. The summed E-state index contributed by atoms with van der Waals surface area (Å²) >= 11 is 0. The molecule has 9 rings (SSSR count). The summed E-state index contributed by atoms with van der Waals surface area (Å²) in [7, 11) is 0. The molecule has 0 radical (unpaired) electrons. The minimum absolute atomic E-state index is 0.914. The molecule has 35 heavy (non-hydrogen) atoms. The van der Waals surface area contributed by atoms with Crippen LogP contribution in [0, 0.1) is 0 Å². The molecule has 4 heterocycles. The second-order valence-electron chi connectivity index (χ2n) is 9.72. The maximum absolute atomic E-state index is 5.02. The van der Waals surface area contributed by atoms with E-state index in [0.717, 1.165) is 35.0 Å². The Morgan fingerprint density at radius 3 is 2.37 bits per heavy atom. The number of benzene rings is 3. The van der Waals surface area contributed by atoms with E-state index >= 15 is 0 Å². The van der Waals surface area contributed by atoms with Crippen molar-refractivity contribution in [1.82, 2.24) is 19.4 Å². The van der Waals surface area contributed by atoms with Gasteiger partial charge >= 0.3 is 0 Å². The zero-order valence-electron chi connectivity index (χ0n) is 18.8. The van der Waals surface area contributed by atoms with Crippen molar-refractivity contribution in [1.29, 1.82) is 0 Å². The molecule has 0 atom stereocenters. The van der Waals surface area contributed by atoms with Crippen molar-refractivity contribution < 1.29 is 0 Å². The first-order valence-corrected chi connectivity index (χ1v) is 12.0. The SMILES string of the molecule is c1ccc2c(c1)Cc1cc3c(cc1-2)Cc1c-3ccc2c1c1cnccc1n1c3ccncc3nc21. The van der Waals surface area contributed by atoms with Crippen molar-refractivity contribution in [3.63, 3.8) is 0 Å². The molecule has 0 saturated carbocycles. The highest BCUT2D eigenvalue weighted by Gasteiger charge is 2.27. The minimum Gasteiger partial charge on any atom is -0.291 e. The molecule has 3 aromatic carbocycles. The van der Waals surface area contributed by atoms with E-state index < -0.39 is 0 Å². The molecule has 2 aliphatic rings. The Bertz CT molecular complexity index is 2070. The quantitative estimate of drug-likeness (QED) is 0.243. The Morgan fingerprint density at radius 1 is 0.629 bits per heavy atom. The van der Waals surface area contributed by atoms with Crippen molar-refractivity contribution >= 4 is 38.4 Å². The summed E-state index contributed by atoms with van der Waals surface area (Å²) < 4.78 is 2.26. The molecule has 4 aromatic heterocycles. The fourth-order valence-electron chi connectivity index (χ4n) is 6.53. The molecule has 0 N–H and O–H groups in total. The first-order chi connectivity index (χ1) is 17.3. The van der Waals surface area contributed by atoms with E-state index in [9.17, 15) is 0 Å². The molecule has 0 spiro atoms. The van der Waals surface area contributed by atoms with Crippen molar-refractivity contribution in [2.24, 2.45) is 0 Å². The number of hydrogen-bond acceptors (Lipinski definition) is 3. The van der Waals surface area contributed by atoms with Gasteiger partial charge in [0.05, 0.1) is 17.2 Å². The van der Waals surface area contributed by atoms with E-state index in [-0.39, 0.29) is 0 Å². The number of aromatic nitrogens is 4. The van der Waals surface area contributed by atoms with Crippen molar-refractivity contribution in [3.8, 4) is 22.3 Å². The van der Waals surface area contributed by atoms with Gasteiger partial charge in [-0.05, 0) is 87.7 Å². The van der Waals surface area contributed by atoms with Gasteiger partial charge in [-0.15, -0.1) is 0 Å². The first kappa shape index (κ1) is 17.8. The van der Waals surface area contributed by atoms with E-state index in [2.05, 4.69) is 69.0 Å². The highest BCUT2D eigenvalue weighted by molar-refractivity contribution is 6.17. The monoisotopic (exact) mass is 446 g/mol. The van der Waals surface area contributed by atoms with Gasteiger partial charge in [0, 0.05) is 34.7 Å². The number of fused-ring (bicyclic) bond motifs is 15. The number of rotatable bonds is 0. The van der Waals surface area contributed by atoms with Crippen LogP contribution in [0.15, 0.2) is 85.5 Å². The van der Waals surface area contributed by atoms with Crippen molar-refractivity contribution in [2.45, 2.75) is 12.8 Å². The lowest BCUT2D eigenvalue weighted by molar-refractivity contribution is 1.24. The number of hydrogen-bond donors (Lipinski definition) is 0. The smallest absolute Gasteiger partial charge is 0.146 e. The lowest BCUT2D eigenvalue weighted by Gasteiger charge is -2.12. The Morgan fingerprint density at radius 2 is 1.43 bits per heavy atom. The lowest BCUT2D eigenvalue weighted by Crippen LogP contribution is -1.95. The van der Waals surface area contributed by atoms with Gasteiger partial charge in [-0.2, -0.15) is 0 Å². The second kappa shape index (κ2) is 6.10. The van der Waals surface area contributed by atoms with Crippen molar-refractivity contribution in [2.75, 3.05) is 0 Å². The summed E-state index contributed by atoms with van der Waals surface area (Å²) in [4.78, 5) is 13.9. The zero-order chi connectivity index (χ0) is 22.7. The Balaban J connectivity index is 1.38. The van der Waals surface area contributed by atoms with Gasteiger partial charge in [-0.3, -0.25) is 14.4 Å². The minimum atomic E-state index is 0.914. The van der Waals surface area contributed by atoms with Gasteiger partial charge in [0.15, 0.2) is 0 Å². The van der Waals surface area contributed by atoms with Crippen LogP contribution in [0.5, 0.6) is 0 Å². The summed E-state index contributed by atoms with van der Waals surface area (Å²) in [6.45, 7) is 0. The van der Waals surface area contributed by atoms with Crippen LogP contribution in [-0.4, -0.2) is 19.4 Å². The Hall–Kier alpha value is -4.57. The third-order valence-corrected chi connectivity index (χ3v) is 7.99. The van der Waals surface area contributed by atoms with Gasteiger partial charge in [0.25, 0.3) is 0 Å². The van der Waals surface area contributed by atoms with Crippen LogP contribution in [0.3, 0.4) is 0 Å². The van der Waals surface area contributed by atoms with Crippen LogP contribution in [0.2, 0.25) is 0 Å². The van der Waals surface area contributed by atoms with Gasteiger partial charge in [0.1, 0.15) is 11.2 Å². The largest absolute Gasteiger partial charge is 0.291 e. The maximum Gasteiger partial charge on any atom is 0.146 e. The highest BCUT2D eigenvalue weighted by Crippen LogP contribution is 2.47. The van der Waals surface area contributed by atoms with Crippen LogP contribution in [0.1, 0.15) is 22.3 Å². The number of nitrogens with zero attached hydrogens (tertiary/aromatic N) is 4. The summed E-state index contributed by atoms with van der Waals surface area (Å²) in [5.41, 5.74) is 15.3. The van der Waals surface area contributed by atoms with Crippen LogP contribution in [-0.2, 0) is 12.8 Å². The van der Waals surface area contributed by atoms with Gasteiger partial charge < -0.3 is 0 Å². The van der Waals surface area contributed by atoms with Gasteiger partial charge in [-0.25, -0.2) is 4.98 Å². The van der Waals surface area contributed by atoms with E-state index in [1.165, 1.54) is 60.7 Å². The number of pyridine rings is 3. The lowest BCUT2D eigenvalue weighted by atomic mass is 9.96. The normalized spacial score (nSPS) is 13.5. The molecule has 162 valence electrons. The standard InChI is InChI=1S/C31H18N4/c1-2-4-20-17(3-1)11-18-12-24-19(13-23(18)20)14-25-21(24)5-6-22-30(25)26-15-32-9-7-28(26)35-29-8-10-33-16-27(29)34-31(22)35/h1-10,12-13,15-16H,11,14H2. The molecular formula is C31H18N4. The van der Waals surface area contributed by atoms with Gasteiger partial charge in [0.2, 0.25) is 0 Å². The molecule has 0 saturated heterocycles. The predicted molar refractivity (Wildman–Crippen MR) is 140 cm³/mol. The molecule has 0 bridgehead atoms. The second-order valence-corrected chi connectivity index (χ2v) is 9.72. The zero-order valence-corrected chi connectivity index (χ0v) is 18.8. The van der Waals surface area contributed by atoms with E-state index in [4.69, 9.17) is 4.98 Å². The highest BCUT2D eigenvalue weighted by atomic mass is 15.0. The molecular weight excluding hydrogens is 428 g/mol. The van der Waals surface area contributed by atoms with Crippen molar-refractivity contribution in [3.05, 3.63) is 108 Å². The Labute approximate surface area is 200 Å². The molecule has 0 aliphatic heterocycles. The van der Waals surface area contributed by atoms with Crippen LogP contribution in [0.4, 0.5) is 0 Å². The number of imidazole rings is 1. The molecule has 4 nitrogen and oxygen atoms in total. The maximum atomic E-state index is 5.02. The summed E-state index contributed by atoms with van der Waals surface area (Å²) in [5.74, 6) is 0. The van der Waals surface area contributed by atoms with Crippen LogP contribution >= 0.6 is 0 Å². The van der Waals surface area contributed by atoms with Gasteiger partial charge in [-0.1, -0.05) is 30.3 Å². The van der Waals surface area contributed by atoms with Crippen LogP contribution in [0.25, 0.3) is 60.6 Å². The summed E-state index contributed by atoms with van der Waals surface area (Å²) in [6.07, 6.45) is 9.53. The first-order valence-electron chi connectivity index (χ1n) is 12.0. The Kier molecular flexibility index (Phi) is 3.11. The average molecular weight is 447 g/mol.